The predicted octanol–water partition coefficient (Wildman–Crippen LogP) is 6.90. The Morgan fingerprint density at radius 2 is 1.66 bits per heavy atom. The molecule has 0 fully saturated rings. The third-order valence-corrected chi connectivity index (χ3v) is 8.05. The highest BCUT2D eigenvalue weighted by atomic mass is 32.1. The lowest BCUT2D eigenvalue weighted by atomic mass is 10.1. The zero-order valence-electron chi connectivity index (χ0n) is 16.8. The van der Waals surface area contributed by atoms with Crippen LogP contribution in [0.3, 0.4) is 0 Å². The molecule has 1 heterocycles. The molecule has 0 amide bonds. The first-order chi connectivity index (χ1) is 13.7. The molecule has 0 spiro atoms. The second kappa shape index (κ2) is 9.00. The van der Waals surface area contributed by atoms with E-state index in [2.05, 4.69) is 4.98 Å². The summed E-state index contributed by atoms with van der Waals surface area (Å²) in [5, 5.41) is 0.584. The van der Waals surface area contributed by atoms with Crippen LogP contribution < -0.4 is 0 Å². The van der Waals surface area contributed by atoms with Gasteiger partial charge in [-0.05, 0) is 63.9 Å². The molecule has 156 valence electrons. The zero-order valence-corrected chi connectivity index (χ0v) is 18.5. The second-order valence-electron chi connectivity index (χ2n) is 7.34. The van der Waals surface area contributed by atoms with Crippen LogP contribution in [0.2, 0.25) is 0 Å². The summed E-state index contributed by atoms with van der Waals surface area (Å²) in [7, 11) is -3.68. The number of aromatic nitrogens is 1. The van der Waals surface area contributed by atoms with Gasteiger partial charge < -0.3 is 9.05 Å². The normalized spacial score (nSPS) is 13.5. The molecule has 3 rings (SSSR count). The van der Waals surface area contributed by atoms with Crippen LogP contribution in [-0.2, 0) is 20.0 Å². The Balaban J connectivity index is 2.10. The average Bonchev–Trinajstić information content (AvgIpc) is 3.04. The van der Waals surface area contributed by atoms with Gasteiger partial charge in [-0.1, -0.05) is 18.2 Å². The number of hydrogen-bond acceptors (Lipinski definition) is 5. The van der Waals surface area contributed by atoms with Crippen LogP contribution in [0.5, 0.6) is 0 Å². The lowest BCUT2D eigenvalue weighted by Gasteiger charge is -2.29. The van der Waals surface area contributed by atoms with Crippen molar-refractivity contribution in [1.29, 1.82) is 0 Å². The number of para-hydroxylation sites is 1. The van der Waals surface area contributed by atoms with Gasteiger partial charge in [0.2, 0.25) is 0 Å². The fourth-order valence-electron chi connectivity index (χ4n) is 3.02. The van der Waals surface area contributed by atoms with Gasteiger partial charge in [0.05, 0.1) is 22.4 Å². The highest BCUT2D eigenvalue weighted by molar-refractivity contribution is 7.54. The standard InChI is InChI=1S/C21H24F2NO3PS/c1-13(2)26-28(25,27-14(3)4)19(12-15-9-10-16(22)17(23)11-15)21-24-18-7-5-6-8-20(18)29-21/h5-11,13-14,19H,12H2,1-4H3. The van der Waals surface area contributed by atoms with E-state index >= 15 is 0 Å². The Morgan fingerprint density at radius 3 is 2.24 bits per heavy atom. The number of thiazole rings is 1. The molecule has 0 aliphatic heterocycles. The van der Waals surface area contributed by atoms with Crippen molar-refractivity contribution in [2.24, 2.45) is 0 Å². The van der Waals surface area contributed by atoms with E-state index in [4.69, 9.17) is 9.05 Å². The summed E-state index contributed by atoms with van der Waals surface area (Å²) < 4.78 is 53.7. The lowest BCUT2D eigenvalue weighted by molar-refractivity contribution is 0.136. The van der Waals surface area contributed by atoms with Crippen LogP contribution in [0.1, 0.15) is 43.9 Å². The highest BCUT2D eigenvalue weighted by Gasteiger charge is 2.41. The molecule has 1 aromatic heterocycles. The molecule has 1 atom stereocenters. The Kier molecular flexibility index (Phi) is 6.84. The van der Waals surface area contributed by atoms with Crippen molar-refractivity contribution in [2.75, 3.05) is 0 Å². The molecule has 3 aromatic rings. The minimum Gasteiger partial charge on any atom is -0.305 e. The van der Waals surface area contributed by atoms with Crippen molar-refractivity contribution >= 4 is 29.1 Å². The van der Waals surface area contributed by atoms with E-state index in [0.717, 1.165) is 22.3 Å². The molecular weight excluding hydrogens is 415 g/mol. The van der Waals surface area contributed by atoms with Gasteiger partial charge in [0.1, 0.15) is 10.7 Å². The molecule has 29 heavy (non-hydrogen) atoms. The number of hydrogen-bond donors (Lipinski definition) is 0. The van der Waals surface area contributed by atoms with Crippen LogP contribution in [0, 0.1) is 11.6 Å². The largest absolute Gasteiger partial charge is 0.341 e. The van der Waals surface area contributed by atoms with Crippen molar-refractivity contribution < 1.29 is 22.4 Å². The van der Waals surface area contributed by atoms with Crippen molar-refractivity contribution in [2.45, 2.75) is 52.0 Å². The maximum atomic E-state index is 13.9. The van der Waals surface area contributed by atoms with E-state index in [1.165, 1.54) is 17.4 Å². The summed E-state index contributed by atoms with van der Waals surface area (Å²) in [5.74, 6) is -1.87. The van der Waals surface area contributed by atoms with E-state index in [-0.39, 0.29) is 18.6 Å². The van der Waals surface area contributed by atoms with Crippen molar-refractivity contribution in [3.8, 4) is 0 Å². The average molecular weight is 439 g/mol. The molecule has 0 aliphatic carbocycles. The van der Waals surface area contributed by atoms with Crippen molar-refractivity contribution in [3.63, 3.8) is 0 Å². The summed E-state index contributed by atoms with van der Waals surface area (Å²) in [5.41, 5.74) is 0.533. The third kappa shape index (κ3) is 5.28. The first kappa shape index (κ1) is 22.0. The minimum absolute atomic E-state index is 0.147. The van der Waals surface area contributed by atoms with Gasteiger partial charge in [0, 0.05) is 0 Å². The Hall–Kier alpha value is -1.66. The topological polar surface area (TPSA) is 48.4 Å². The Morgan fingerprint density at radius 1 is 1.00 bits per heavy atom. The maximum Gasteiger partial charge on any atom is 0.341 e. The number of fused-ring (bicyclic) bond motifs is 1. The van der Waals surface area contributed by atoms with Gasteiger partial charge in [-0.15, -0.1) is 11.3 Å². The van der Waals surface area contributed by atoms with Crippen LogP contribution in [0.25, 0.3) is 10.2 Å². The number of rotatable bonds is 8. The van der Waals surface area contributed by atoms with Gasteiger partial charge in [0.15, 0.2) is 11.6 Å². The molecular formula is C21H24F2NO3PS. The number of nitrogens with zero attached hydrogens (tertiary/aromatic N) is 1. The highest BCUT2D eigenvalue weighted by Crippen LogP contribution is 2.64. The quantitative estimate of drug-likeness (QED) is 0.358. The first-order valence-corrected chi connectivity index (χ1v) is 11.9. The predicted molar refractivity (Wildman–Crippen MR) is 112 cm³/mol. The first-order valence-electron chi connectivity index (χ1n) is 9.44. The summed E-state index contributed by atoms with van der Waals surface area (Å²) in [6, 6.07) is 11.3. The van der Waals surface area contributed by atoms with E-state index < -0.39 is 24.9 Å². The molecule has 1 unspecified atom stereocenters. The smallest absolute Gasteiger partial charge is 0.305 e. The Labute approximate surface area is 173 Å². The fourth-order valence-corrected chi connectivity index (χ4v) is 6.80. The van der Waals surface area contributed by atoms with E-state index in [0.29, 0.717) is 10.6 Å². The summed E-state index contributed by atoms with van der Waals surface area (Å²) in [6.07, 6.45) is -0.545. The third-order valence-electron chi connectivity index (χ3n) is 4.11. The van der Waals surface area contributed by atoms with Crippen LogP contribution >= 0.6 is 18.9 Å². The maximum absolute atomic E-state index is 13.9. The molecule has 4 nitrogen and oxygen atoms in total. The molecule has 0 bridgehead atoms. The fraction of sp³-hybridized carbons (Fsp3) is 0.381. The van der Waals surface area contributed by atoms with E-state index in [9.17, 15) is 13.3 Å². The van der Waals surface area contributed by atoms with Crippen LogP contribution in [0.4, 0.5) is 8.78 Å². The van der Waals surface area contributed by atoms with Crippen molar-refractivity contribution in [3.05, 3.63) is 64.7 Å². The molecule has 0 radical (unpaired) electrons. The molecule has 8 heteroatoms. The summed E-state index contributed by atoms with van der Waals surface area (Å²) in [6.45, 7) is 7.12. The molecule has 0 saturated heterocycles. The SMILES string of the molecule is CC(C)OP(=O)(OC(C)C)C(Cc1ccc(F)c(F)c1)c1nc2ccccc2s1. The van der Waals surface area contributed by atoms with Crippen molar-refractivity contribution in [1.82, 2.24) is 4.98 Å². The van der Waals surface area contributed by atoms with Crippen LogP contribution in [-0.4, -0.2) is 17.2 Å². The molecule has 0 saturated carbocycles. The van der Waals surface area contributed by atoms with E-state index in [1.54, 1.807) is 27.7 Å². The van der Waals surface area contributed by atoms with Gasteiger partial charge in [0.25, 0.3) is 0 Å². The summed E-state index contributed by atoms with van der Waals surface area (Å²) in [4.78, 5) is 4.65. The zero-order chi connectivity index (χ0) is 21.2. The molecule has 0 aliphatic rings. The lowest BCUT2D eigenvalue weighted by Crippen LogP contribution is -2.15. The minimum atomic E-state index is -3.68. The van der Waals surface area contributed by atoms with Gasteiger partial charge in [-0.3, -0.25) is 4.57 Å². The number of benzene rings is 2. The second-order valence-corrected chi connectivity index (χ2v) is 10.5. The van der Waals surface area contributed by atoms with Gasteiger partial charge in [-0.25, -0.2) is 13.8 Å². The van der Waals surface area contributed by atoms with Gasteiger partial charge in [-0.2, -0.15) is 0 Å². The Bertz CT molecular complexity index is 991. The number of halogens is 2. The van der Waals surface area contributed by atoms with E-state index in [1.807, 2.05) is 24.3 Å². The molecule has 2 aromatic carbocycles. The summed E-state index contributed by atoms with van der Waals surface area (Å²) >= 11 is 1.40. The molecule has 0 N–H and O–H groups in total. The van der Waals surface area contributed by atoms with Gasteiger partial charge >= 0.3 is 7.60 Å². The monoisotopic (exact) mass is 439 g/mol. The van der Waals surface area contributed by atoms with Crippen LogP contribution in [0.15, 0.2) is 42.5 Å².